The van der Waals surface area contributed by atoms with E-state index in [0.717, 1.165) is 0 Å². The van der Waals surface area contributed by atoms with Gasteiger partial charge in [0.2, 0.25) is 0 Å². The number of imidazole rings is 1. The lowest BCUT2D eigenvalue weighted by Crippen LogP contribution is -2.02. The number of H-pyrrole nitrogens is 1. The highest BCUT2D eigenvalue weighted by atomic mass is 32.1. The van der Waals surface area contributed by atoms with Crippen LogP contribution < -0.4 is 0 Å². The Morgan fingerprint density at radius 2 is 2.38 bits per heavy atom. The predicted octanol–water partition coefficient (Wildman–Crippen LogP) is 1.000. The van der Waals surface area contributed by atoms with Crippen molar-refractivity contribution in [2.75, 3.05) is 0 Å². The number of aliphatic hydroxyl groups excluding tert-OH is 1. The van der Waals surface area contributed by atoms with Crippen LogP contribution in [0.1, 0.15) is 13.2 Å². The van der Waals surface area contributed by atoms with E-state index in [0.29, 0.717) is 15.8 Å². The van der Waals surface area contributed by atoms with E-state index in [2.05, 4.69) is 15.0 Å². The van der Waals surface area contributed by atoms with Crippen molar-refractivity contribution in [2.45, 2.75) is 13.2 Å². The number of aromatic nitrogens is 4. The van der Waals surface area contributed by atoms with Gasteiger partial charge in [-0.3, -0.25) is 4.57 Å². The fraction of sp³-hybridized carbons (Fsp3) is 0.286. The molecular weight excluding hydrogens is 188 g/mol. The minimum Gasteiger partial charge on any atom is -0.373 e. The normalized spacial score (nSPS) is 13.4. The van der Waals surface area contributed by atoms with Crippen molar-refractivity contribution in [1.29, 1.82) is 0 Å². The molecule has 2 rings (SSSR count). The van der Waals surface area contributed by atoms with Crippen molar-refractivity contribution in [1.82, 2.24) is 19.5 Å². The Balaban J connectivity index is 2.83. The highest BCUT2D eigenvalue weighted by Gasteiger charge is 2.07. The van der Waals surface area contributed by atoms with E-state index < -0.39 is 6.23 Å². The number of hydrogen-bond donors (Lipinski definition) is 2. The fourth-order valence-electron chi connectivity index (χ4n) is 1.16. The minimum atomic E-state index is -0.627. The number of rotatable bonds is 1. The van der Waals surface area contributed by atoms with Crippen LogP contribution in [0.2, 0.25) is 0 Å². The van der Waals surface area contributed by atoms with Gasteiger partial charge in [0.05, 0.1) is 12.7 Å². The van der Waals surface area contributed by atoms with E-state index in [1.165, 1.54) is 12.7 Å². The third-order valence-corrected chi connectivity index (χ3v) is 2.08. The molecule has 2 N–H and O–H groups in total. The first-order valence-corrected chi connectivity index (χ1v) is 4.19. The van der Waals surface area contributed by atoms with Gasteiger partial charge in [-0.05, 0) is 6.92 Å². The SMILES string of the molecule is CC(O)n1cnc2c(=S)nc[nH]c21. The summed E-state index contributed by atoms with van der Waals surface area (Å²) in [7, 11) is 0. The summed E-state index contributed by atoms with van der Waals surface area (Å²) in [5.41, 5.74) is 1.30. The van der Waals surface area contributed by atoms with Crippen molar-refractivity contribution in [3.8, 4) is 0 Å². The second kappa shape index (κ2) is 2.90. The maximum atomic E-state index is 9.35. The van der Waals surface area contributed by atoms with Crippen LogP contribution in [0, 0.1) is 4.64 Å². The molecule has 0 bridgehead atoms. The molecule has 0 fully saturated rings. The second-order valence-electron chi connectivity index (χ2n) is 2.69. The van der Waals surface area contributed by atoms with Gasteiger partial charge in [0.25, 0.3) is 0 Å². The first-order chi connectivity index (χ1) is 6.20. The quantitative estimate of drug-likeness (QED) is 0.668. The summed E-state index contributed by atoms with van der Waals surface area (Å²) in [6, 6.07) is 0. The molecular formula is C7H8N4OS. The van der Waals surface area contributed by atoms with Crippen LogP contribution in [-0.4, -0.2) is 24.6 Å². The first-order valence-electron chi connectivity index (χ1n) is 3.78. The standard InChI is InChI=1S/C7H8N4OS/c1-4(12)11-3-10-5-6(11)8-2-9-7(5)13/h2-4,12H,1H3,(H,8,9,13). The van der Waals surface area contributed by atoms with Gasteiger partial charge < -0.3 is 10.1 Å². The van der Waals surface area contributed by atoms with Gasteiger partial charge in [0, 0.05) is 0 Å². The summed E-state index contributed by atoms with van der Waals surface area (Å²) in [6.45, 7) is 1.65. The molecule has 0 aliphatic rings. The van der Waals surface area contributed by atoms with Crippen LogP contribution in [0.3, 0.4) is 0 Å². The Morgan fingerprint density at radius 3 is 3.08 bits per heavy atom. The molecule has 5 nitrogen and oxygen atoms in total. The highest BCUT2D eigenvalue weighted by Crippen LogP contribution is 2.12. The van der Waals surface area contributed by atoms with E-state index in [1.807, 2.05) is 0 Å². The average molecular weight is 196 g/mol. The van der Waals surface area contributed by atoms with Crippen molar-refractivity contribution >= 4 is 23.4 Å². The van der Waals surface area contributed by atoms with Crippen LogP contribution in [0.15, 0.2) is 12.7 Å². The van der Waals surface area contributed by atoms with Crippen LogP contribution >= 0.6 is 12.2 Å². The smallest absolute Gasteiger partial charge is 0.157 e. The molecule has 6 heteroatoms. The monoisotopic (exact) mass is 196 g/mol. The Morgan fingerprint density at radius 1 is 1.62 bits per heavy atom. The summed E-state index contributed by atoms with van der Waals surface area (Å²) in [4.78, 5) is 10.8. The molecule has 0 saturated carbocycles. The summed E-state index contributed by atoms with van der Waals surface area (Å²) in [5.74, 6) is 0. The number of nitrogens with zero attached hydrogens (tertiary/aromatic N) is 3. The van der Waals surface area contributed by atoms with Crippen LogP contribution in [0.4, 0.5) is 0 Å². The van der Waals surface area contributed by atoms with Gasteiger partial charge in [-0.15, -0.1) is 0 Å². The number of nitrogens with one attached hydrogen (secondary N) is 1. The van der Waals surface area contributed by atoms with Gasteiger partial charge in [-0.25, -0.2) is 9.97 Å². The lowest BCUT2D eigenvalue weighted by molar-refractivity contribution is 0.128. The number of hydrogen-bond acceptors (Lipinski definition) is 4. The van der Waals surface area contributed by atoms with Gasteiger partial charge in [0.1, 0.15) is 17.4 Å². The lowest BCUT2D eigenvalue weighted by atomic mass is 10.5. The molecule has 2 aromatic rings. The van der Waals surface area contributed by atoms with Crippen molar-refractivity contribution in [2.24, 2.45) is 0 Å². The fourth-order valence-corrected chi connectivity index (χ4v) is 1.36. The number of fused-ring (bicyclic) bond motifs is 1. The molecule has 0 amide bonds. The summed E-state index contributed by atoms with van der Waals surface area (Å²) < 4.78 is 2.03. The molecule has 0 aliphatic heterocycles. The zero-order valence-corrected chi connectivity index (χ0v) is 7.75. The average Bonchev–Trinajstić information content (AvgIpc) is 2.48. The third kappa shape index (κ3) is 1.24. The van der Waals surface area contributed by atoms with E-state index >= 15 is 0 Å². The van der Waals surface area contributed by atoms with Crippen molar-refractivity contribution < 1.29 is 5.11 Å². The van der Waals surface area contributed by atoms with E-state index in [-0.39, 0.29) is 0 Å². The highest BCUT2D eigenvalue weighted by molar-refractivity contribution is 7.71. The van der Waals surface area contributed by atoms with E-state index in [1.54, 1.807) is 11.5 Å². The second-order valence-corrected chi connectivity index (χ2v) is 3.08. The van der Waals surface area contributed by atoms with Crippen molar-refractivity contribution in [3.63, 3.8) is 0 Å². The Labute approximate surface area is 79.1 Å². The molecule has 2 aromatic heterocycles. The Hall–Kier alpha value is -1.27. The minimum absolute atomic E-state index is 0.438. The van der Waals surface area contributed by atoms with Gasteiger partial charge in [-0.2, -0.15) is 0 Å². The van der Waals surface area contributed by atoms with Crippen molar-refractivity contribution in [3.05, 3.63) is 17.3 Å². The van der Waals surface area contributed by atoms with Gasteiger partial charge in [-0.1, -0.05) is 12.2 Å². The lowest BCUT2D eigenvalue weighted by Gasteiger charge is -2.05. The zero-order valence-electron chi connectivity index (χ0n) is 6.93. The molecule has 0 radical (unpaired) electrons. The third-order valence-electron chi connectivity index (χ3n) is 1.78. The maximum absolute atomic E-state index is 9.35. The van der Waals surface area contributed by atoms with Crippen LogP contribution in [-0.2, 0) is 0 Å². The van der Waals surface area contributed by atoms with E-state index in [9.17, 15) is 5.11 Å². The summed E-state index contributed by atoms with van der Waals surface area (Å²) in [6.07, 6.45) is 2.40. The Kier molecular flexibility index (Phi) is 1.86. The molecule has 1 atom stereocenters. The summed E-state index contributed by atoms with van der Waals surface area (Å²) >= 11 is 4.97. The summed E-state index contributed by atoms with van der Waals surface area (Å²) in [5, 5.41) is 9.35. The largest absolute Gasteiger partial charge is 0.373 e. The molecule has 13 heavy (non-hydrogen) atoms. The molecule has 0 saturated heterocycles. The maximum Gasteiger partial charge on any atom is 0.157 e. The number of aromatic amines is 1. The number of aliphatic hydroxyl groups is 1. The molecule has 2 heterocycles. The first kappa shape index (κ1) is 8.33. The predicted molar refractivity (Wildman–Crippen MR) is 49.6 cm³/mol. The van der Waals surface area contributed by atoms with Crippen LogP contribution in [0.25, 0.3) is 11.2 Å². The molecule has 0 spiro atoms. The molecule has 68 valence electrons. The molecule has 0 aromatic carbocycles. The molecule has 1 unspecified atom stereocenters. The van der Waals surface area contributed by atoms with E-state index in [4.69, 9.17) is 12.2 Å². The topological polar surface area (TPSA) is 66.7 Å². The zero-order chi connectivity index (χ0) is 9.42. The van der Waals surface area contributed by atoms with Gasteiger partial charge in [0.15, 0.2) is 4.64 Å². The van der Waals surface area contributed by atoms with Gasteiger partial charge >= 0.3 is 0 Å². The molecule has 0 aliphatic carbocycles. The Bertz CT molecular complexity index is 486. The van der Waals surface area contributed by atoms with Crippen LogP contribution in [0.5, 0.6) is 0 Å².